The van der Waals surface area contributed by atoms with Gasteiger partial charge in [-0.25, -0.2) is 23.1 Å². The Kier molecular flexibility index (Phi) is 5.56. The molecule has 0 atom stereocenters. The zero-order valence-corrected chi connectivity index (χ0v) is 15.6. The molecule has 1 aromatic heterocycles. The molecular weight excluding hydrogens is 360 g/mol. The molecule has 0 saturated carbocycles. The molecule has 0 bridgehead atoms. The number of sulfonamides is 1. The molecule has 2 aromatic rings. The van der Waals surface area contributed by atoms with Crippen molar-refractivity contribution in [2.45, 2.75) is 24.7 Å². The van der Waals surface area contributed by atoms with E-state index in [0.29, 0.717) is 17.5 Å². The maximum atomic E-state index is 12.4. The predicted octanol–water partition coefficient (Wildman–Crippen LogP) is 2.63. The summed E-state index contributed by atoms with van der Waals surface area (Å²) in [7, 11) is -3.54. The second-order valence-electron chi connectivity index (χ2n) is 6.24. The first-order valence-electron chi connectivity index (χ1n) is 8.23. The smallest absolute Gasteiger partial charge is 0.240 e. The summed E-state index contributed by atoms with van der Waals surface area (Å²) in [5.74, 6) is 1.03. The number of piperidine rings is 1. The Balaban J connectivity index is 1.55. The first-order valence-corrected chi connectivity index (χ1v) is 10.1. The summed E-state index contributed by atoms with van der Waals surface area (Å²) in [5.41, 5.74) is 0.858. The summed E-state index contributed by atoms with van der Waals surface area (Å²) >= 11 is 6.03. The second kappa shape index (κ2) is 7.68. The Labute approximate surface area is 153 Å². The quantitative estimate of drug-likeness (QED) is 0.863. The fourth-order valence-corrected chi connectivity index (χ4v) is 4.23. The number of halogens is 1. The third-order valence-corrected chi connectivity index (χ3v) is 6.29. The molecule has 6 nitrogen and oxygen atoms in total. The summed E-state index contributed by atoms with van der Waals surface area (Å²) < 4.78 is 27.6. The third-order valence-electron chi connectivity index (χ3n) is 4.47. The van der Waals surface area contributed by atoms with Crippen LogP contribution in [0, 0.1) is 12.8 Å². The van der Waals surface area contributed by atoms with Crippen molar-refractivity contribution in [2.24, 2.45) is 5.92 Å². The van der Waals surface area contributed by atoms with E-state index in [1.54, 1.807) is 30.6 Å². The molecule has 8 heteroatoms. The van der Waals surface area contributed by atoms with Gasteiger partial charge in [-0.15, -0.1) is 0 Å². The lowest BCUT2D eigenvalue weighted by atomic mass is 9.97. The summed E-state index contributed by atoms with van der Waals surface area (Å²) in [4.78, 5) is 10.9. The van der Waals surface area contributed by atoms with Gasteiger partial charge in [-0.2, -0.15) is 0 Å². The molecule has 0 radical (unpaired) electrons. The van der Waals surface area contributed by atoms with Crippen molar-refractivity contribution >= 4 is 27.6 Å². The molecule has 1 aliphatic heterocycles. The molecule has 1 saturated heterocycles. The number of hydrogen-bond donors (Lipinski definition) is 1. The largest absolute Gasteiger partial charge is 0.341 e. The number of anilines is 1. The monoisotopic (exact) mass is 380 g/mol. The van der Waals surface area contributed by atoms with Gasteiger partial charge < -0.3 is 4.90 Å². The molecule has 1 fully saturated rings. The number of benzene rings is 1. The van der Waals surface area contributed by atoms with E-state index in [0.717, 1.165) is 37.4 Å². The van der Waals surface area contributed by atoms with Crippen LogP contribution in [0.3, 0.4) is 0 Å². The number of hydrogen-bond acceptors (Lipinski definition) is 5. The minimum atomic E-state index is -3.54. The molecule has 0 spiro atoms. The van der Waals surface area contributed by atoms with Gasteiger partial charge in [-0.3, -0.25) is 0 Å². The van der Waals surface area contributed by atoms with Crippen molar-refractivity contribution < 1.29 is 8.42 Å². The first-order chi connectivity index (χ1) is 12.0. The summed E-state index contributed by atoms with van der Waals surface area (Å²) in [5, 5.41) is 0.457. The molecule has 1 aromatic carbocycles. The van der Waals surface area contributed by atoms with Crippen LogP contribution in [0.5, 0.6) is 0 Å². The molecule has 0 amide bonds. The molecule has 25 heavy (non-hydrogen) atoms. The summed E-state index contributed by atoms with van der Waals surface area (Å²) in [6, 6.07) is 6.59. The lowest BCUT2D eigenvalue weighted by molar-refractivity contribution is 0.399. The zero-order valence-electron chi connectivity index (χ0n) is 14.0. The van der Waals surface area contributed by atoms with E-state index in [-0.39, 0.29) is 4.90 Å². The highest BCUT2D eigenvalue weighted by Gasteiger charge is 2.23. The van der Waals surface area contributed by atoms with Gasteiger partial charge in [0.25, 0.3) is 0 Å². The van der Waals surface area contributed by atoms with Crippen molar-refractivity contribution in [1.82, 2.24) is 14.7 Å². The molecule has 0 aliphatic carbocycles. The summed E-state index contributed by atoms with van der Waals surface area (Å²) in [6.07, 6.45) is 5.26. The molecular formula is C17H21ClN4O2S. The van der Waals surface area contributed by atoms with Gasteiger partial charge in [0, 0.05) is 37.1 Å². The average molecular weight is 381 g/mol. The predicted molar refractivity (Wildman–Crippen MR) is 98.3 cm³/mol. The van der Waals surface area contributed by atoms with Gasteiger partial charge in [0.1, 0.15) is 0 Å². The average Bonchev–Trinajstić information content (AvgIpc) is 2.63. The molecule has 1 N–H and O–H groups in total. The maximum Gasteiger partial charge on any atom is 0.240 e. The van der Waals surface area contributed by atoms with Crippen LogP contribution in [0.2, 0.25) is 5.02 Å². The molecule has 0 unspecified atom stereocenters. The molecule has 3 rings (SSSR count). The topological polar surface area (TPSA) is 75.2 Å². The van der Waals surface area contributed by atoms with Crippen LogP contribution in [-0.4, -0.2) is 38.0 Å². The fourth-order valence-electron chi connectivity index (χ4n) is 2.84. The Morgan fingerprint density at radius 1 is 1.24 bits per heavy atom. The number of rotatable bonds is 5. The SMILES string of the molecule is Cc1ccc(S(=O)(=O)NCC2CCN(c3ncccn3)CC2)cc1Cl. The molecule has 1 aliphatic rings. The Bertz CT molecular complexity index is 822. The maximum absolute atomic E-state index is 12.4. The Morgan fingerprint density at radius 3 is 2.56 bits per heavy atom. The summed E-state index contributed by atoms with van der Waals surface area (Å²) in [6.45, 7) is 3.92. The zero-order chi connectivity index (χ0) is 17.9. The highest BCUT2D eigenvalue weighted by molar-refractivity contribution is 7.89. The second-order valence-corrected chi connectivity index (χ2v) is 8.42. The van der Waals surface area contributed by atoms with Gasteiger partial charge in [-0.05, 0) is 49.4 Å². The number of nitrogens with one attached hydrogen (secondary N) is 1. The van der Waals surface area contributed by atoms with Crippen LogP contribution >= 0.6 is 11.6 Å². The van der Waals surface area contributed by atoms with E-state index in [1.807, 2.05) is 6.92 Å². The van der Waals surface area contributed by atoms with Gasteiger partial charge in [0.05, 0.1) is 4.90 Å². The van der Waals surface area contributed by atoms with Crippen LogP contribution in [-0.2, 0) is 10.0 Å². The van der Waals surface area contributed by atoms with E-state index >= 15 is 0 Å². The lowest BCUT2D eigenvalue weighted by Gasteiger charge is -2.31. The molecule has 2 heterocycles. The highest BCUT2D eigenvalue weighted by Crippen LogP contribution is 2.22. The van der Waals surface area contributed by atoms with Crippen molar-refractivity contribution in [1.29, 1.82) is 0 Å². The van der Waals surface area contributed by atoms with E-state index in [2.05, 4.69) is 19.6 Å². The van der Waals surface area contributed by atoms with Crippen LogP contribution < -0.4 is 9.62 Å². The number of nitrogens with zero attached hydrogens (tertiary/aromatic N) is 3. The third kappa shape index (κ3) is 4.48. The minimum absolute atomic E-state index is 0.207. The van der Waals surface area contributed by atoms with Crippen molar-refractivity contribution in [3.63, 3.8) is 0 Å². The number of aromatic nitrogens is 2. The number of aryl methyl sites for hydroxylation is 1. The van der Waals surface area contributed by atoms with Gasteiger partial charge >= 0.3 is 0 Å². The first kappa shape index (κ1) is 18.1. The van der Waals surface area contributed by atoms with Crippen LogP contribution in [0.4, 0.5) is 5.95 Å². The Hall–Kier alpha value is -1.70. The fraction of sp³-hybridized carbons (Fsp3) is 0.412. The van der Waals surface area contributed by atoms with Crippen LogP contribution in [0.25, 0.3) is 0 Å². The van der Waals surface area contributed by atoms with Crippen molar-refractivity contribution in [3.8, 4) is 0 Å². The van der Waals surface area contributed by atoms with E-state index in [9.17, 15) is 8.42 Å². The molecule has 134 valence electrons. The lowest BCUT2D eigenvalue weighted by Crippen LogP contribution is -2.39. The van der Waals surface area contributed by atoms with Gasteiger partial charge in [0.2, 0.25) is 16.0 Å². The minimum Gasteiger partial charge on any atom is -0.341 e. The standard InChI is InChI=1S/C17H21ClN4O2S/c1-13-3-4-15(11-16(13)18)25(23,24)21-12-14-5-9-22(10-6-14)17-19-7-2-8-20-17/h2-4,7-8,11,14,21H,5-6,9-10,12H2,1H3. The van der Waals surface area contributed by atoms with E-state index < -0.39 is 10.0 Å². The van der Waals surface area contributed by atoms with Crippen LogP contribution in [0.15, 0.2) is 41.6 Å². The van der Waals surface area contributed by atoms with E-state index in [4.69, 9.17) is 11.6 Å². The van der Waals surface area contributed by atoms with Gasteiger partial charge in [-0.1, -0.05) is 17.7 Å². The van der Waals surface area contributed by atoms with Crippen molar-refractivity contribution in [3.05, 3.63) is 47.2 Å². The normalized spacial score (nSPS) is 16.2. The van der Waals surface area contributed by atoms with Crippen LogP contribution in [0.1, 0.15) is 18.4 Å². The Morgan fingerprint density at radius 2 is 1.92 bits per heavy atom. The van der Waals surface area contributed by atoms with Crippen molar-refractivity contribution in [2.75, 3.05) is 24.5 Å². The van der Waals surface area contributed by atoms with Gasteiger partial charge in [0.15, 0.2) is 0 Å². The van der Waals surface area contributed by atoms with E-state index in [1.165, 1.54) is 6.07 Å². The highest BCUT2D eigenvalue weighted by atomic mass is 35.5.